The number of rotatable bonds is 5. The molecule has 124 valence electrons. The van der Waals surface area contributed by atoms with Crippen LogP contribution >= 0.6 is 0 Å². The second kappa shape index (κ2) is 6.49. The Kier molecular flexibility index (Phi) is 4.42. The summed E-state index contributed by atoms with van der Waals surface area (Å²) in [6.07, 6.45) is 2.59. The minimum atomic E-state index is 0.0307. The Morgan fingerprint density at radius 3 is 2.91 bits per heavy atom. The molecule has 0 aromatic carbocycles. The van der Waals surface area contributed by atoms with Gasteiger partial charge in [0.1, 0.15) is 5.76 Å². The summed E-state index contributed by atoms with van der Waals surface area (Å²) in [7, 11) is 0. The summed E-state index contributed by atoms with van der Waals surface area (Å²) < 4.78 is 10.5. The summed E-state index contributed by atoms with van der Waals surface area (Å²) >= 11 is 0. The van der Waals surface area contributed by atoms with E-state index in [0.29, 0.717) is 30.7 Å². The van der Waals surface area contributed by atoms with E-state index in [2.05, 4.69) is 20.0 Å². The Morgan fingerprint density at radius 2 is 2.30 bits per heavy atom. The molecule has 0 aliphatic carbocycles. The highest BCUT2D eigenvalue weighted by Gasteiger charge is 2.30. The molecule has 8 nitrogen and oxygen atoms in total. The monoisotopic (exact) mass is 319 g/mol. The maximum absolute atomic E-state index is 12.0. The average molecular weight is 319 g/mol. The predicted octanol–water partition coefficient (Wildman–Crippen LogP) is 1.30. The van der Waals surface area contributed by atoms with Crippen molar-refractivity contribution in [3.05, 3.63) is 29.6 Å². The number of nitrogens with zero attached hydrogens (tertiary/aromatic N) is 5. The normalized spacial score (nSPS) is 18.5. The van der Waals surface area contributed by atoms with Crippen LogP contribution in [0.25, 0.3) is 0 Å². The van der Waals surface area contributed by atoms with Gasteiger partial charge >= 0.3 is 0 Å². The molecule has 3 rings (SSSR count). The zero-order chi connectivity index (χ0) is 16.4. The largest absolute Gasteiger partial charge is 0.444 e. The molecule has 2 aromatic heterocycles. The van der Waals surface area contributed by atoms with Crippen molar-refractivity contribution in [2.45, 2.75) is 46.3 Å². The van der Waals surface area contributed by atoms with Gasteiger partial charge in [0.2, 0.25) is 17.7 Å². The maximum Gasteiger partial charge on any atom is 0.223 e. The van der Waals surface area contributed by atoms with E-state index in [1.807, 2.05) is 11.8 Å². The highest BCUT2D eigenvalue weighted by atomic mass is 16.5. The van der Waals surface area contributed by atoms with Crippen LogP contribution in [0.2, 0.25) is 0 Å². The van der Waals surface area contributed by atoms with Crippen molar-refractivity contribution in [2.24, 2.45) is 0 Å². The van der Waals surface area contributed by atoms with Crippen molar-refractivity contribution in [1.82, 2.24) is 24.9 Å². The number of hydrogen-bond donors (Lipinski definition) is 0. The molecule has 2 aromatic rings. The lowest BCUT2D eigenvalue weighted by Gasteiger charge is -2.26. The molecule has 1 aliphatic heterocycles. The molecule has 1 aliphatic rings. The third-order valence-electron chi connectivity index (χ3n) is 4.00. The first-order valence-corrected chi connectivity index (χ1v) is 7.71. The third-order valence-corrected chi connectivity index (χ3v) is 4.00. The van der Waals surface area contributed by atoms with E-state index >= 15 is 0 Å². The number of oxazole rings is 1. The van der Waals surface area contributed by atoms with Gasteiger partial charge < -0.3 is 13.8 Å². The van der Waals surface area contributed by atoms with E-state index in [1.165, 1.54) is 0 Å². The molecule has 0 N–H and O–H groups in total. The van der Waals surface area contributed by atoms with Gasteiger partial charge in [-0.2, -0.15) is 4.98 Å². The first-order chi connectivity index (χ1) is 11.0. The molecule has 0 radical (unpaired) electrons. The quantitative estimate of drug-likeness (QED) is 0.820. The van der Waals surface area contributed by atoms with Gasteiger partial charge in [-0.05, 0) is 13.3 Å². The molecular weight excluding hydrogens is 298 g/mol. The molecule has 1 fully saturated rings. The van der Waals surface area contributed by atoms with Crippen molar-refractivity contribution in [1.29, 1.82) is 0 Å². The second-order valence-electron chi connectivity index (χ2n) is 5.92. The highest BCUT2D eigenvalue weighted by Crippen LogP contribution is 2.20. The van der Waals surface area contributed by atoms with Gasteiger partial charge in [-0.15, -0.1) is 0 Å². The van der Waals surface area contributed by atoms with Crippen LogP contribution < -0.4 is 0 Å². The number of aromatic nitrogens is 3. The first-order valence-electron chi connectivity index (χ1n) is 7.71. The third kappa shape index (κ3) is 3.76. The number of carbonyl (C=O) groups excluding carboxylic acids is 1. The van der Waals surface area contributed by atoms with E-state index < -0.39 is 0 Å². The lowest BCUT2D eigenvalue weighted by Crippen LogP contribution is -2.40. The average Bonchev–Trinajstić information content (AvgIpc) is 3.19. The van der Waals surface area contributed by atoms with E-state index in [-0.39, 0.29) is 11.9 Å². The molecular formula is C15H21N5O3. The fraction of sp³-hybridized carbons (Fsp3) is 0.600. The summed E-state index contributed by atoms with van der Waals surface area (Å²) in [5.74, 6) is 2.61. The fourth-order valence-electron chi connectivity index (χ4n) is 2.93. The van der Waals surface area contributed by atoms with E-state index in [9.17, 15) is 4.79 Å². The molecule has 1 amide bonds. The molecule has 3 heterocycles. The van der Waals surface area contributed by atoms with Crippen molar-refractivity contribution < 1.29 is 13.7 Å². The van der Waals surface area contributed by atoms with Crippen LogP contribution in [0.15, 0.2) is 15.1 Å². The van der Waals surface area contributed by atoms with E-state index in [4.69, 9.17) is 8.94 Å². The minimum Gasteiger partial charge on any atom is -0.444 e. The van der Waals surface area contributed by atoms with E-state index in [1.54, 1.807) is 20.0 Å². The van der Waals surface area contributed by atoms with E-state index in [0.717, 1.165) is 25.3 Å². The van der Waals surface area contributed by atoms with Gasteiger partial charge in [-0.1, -0.05) is 5.16 Å². The Balaban J connectivity index is 1.61. The topological polar surface area (TPSA) is 88.5 Å². The van der Waals surface area contributed by atoms with Crippen LogP contribution in [0, 0.1) is 13.8 Å². The molecule has 0 bridgehead atoms. The number of likely N-dealkylation sites (tertiary alicyclic amines) is 1. The standard InChI is InChI=1S/C15H21N5O3/c1-10-6-16-15(22-10)9-20(12(3)21)13-4-5-19(7-13)8-14-17-11(2)23-18-14/h6,13H,4-5,7-9H2,1-3H3/t13-/m1/s1. The molecule has 0 saturated carbocycles. The van der Waals surface area contributed by atoms with Crippen LogP contribution in [0.4, 0.5) is 0 Å². The van der Waals surface area contributed by atoms with Crippen molar-refractivity contribution in [3.63, 3.8) is 0 Å². The molecule has 1 atom stereocenters. The van der Waals surface area contributed by atoms with Crippen molar-refractivity contribution >= 4 is 5.91 Å². The Bertz CT molecular complexity index is 680. The molecule has 1 saturated heterocycles. The van der Waals surface area contributed by atoms with Gasteiger partial charge in [-0.25, -0.2) is 4.98 Å². The van der Waals surface area contributed by atoms with Gasteiger partial charge in [0.05, 0.1) is 19.3 Å². The number of carbonyl (C=O) groups is 1. The SMILES string of the molecule is CC(=O)N(Cc1ncc(C)o1)[C@@H]1CCN(Cc2noc(C)n2)C1. The zero-order valence-corrected chi connectivity index (χ0v) is 13.7. The fourth-order valence-corrected chi connectivity index (χ4v) is 2.93. The Labute approximate surface area is 134 Å². The molecule has 8 heteroatoms. The Morgan fingerprint density at radius 1 is 1.48 bits per heavy atom. The van der Waals surface area contributed by atoms with Gasteiger partial charge in [-0.3, -0.25) is 9.69 Å². The van der Waals surface area contributed by atoms with Crippen molar-refractivity contribution in [3.8, 4) is 0 Å². The lowest BCUT2D eigenvalue weighted by molar-refractivity contribution is -0.132. The lowest BCUT2D eigenvalue weighted by atomic mass is 10.2. The summed E-state index contributed by atoms with van der Waals surface area (Å²) in [5, 5.41) is 3.92. The van der Waals surface area contributed by atoms with Crippen LogP contribution in [0.1, 0.15) is 36.7 Å². The molecule has 0 spiro atoms. The predicted molar refractivity (Wildman–Crippen MR) is 80.2 cm³/mol. The number of aryl methyl sites for hydroxylation is 2. The molecule has 0 unspecified atom stereocenters. The summed E-state index contributed by atoms with van der Waals surface area (Å²) in [6, 6.07) is 0.146. The highest BCUT2D eigenvalue weighted by molar-refractivity contribution is 5.73. The van der Waals surface area contributed by atoms with Gasteiger partial charge in [0.25, 0.3) is 0 Å². The zero-order valence-electron chi connectivity index (χ0n) is 13.7. The molecule has 23 heavy (non-hydrogen) atoms. The summed E-state index contributed by atoms with van der Waals surface area (Å²) in [6.45, 7) is 7.93. The Hall–Kier alpha value is -2.22. The van der Waals surface area contributed by atoms with Gasteiger partial charge in [0.15, 0.2) is 5.82 Å². The maximum atomic E-state index is 12.0. The summed E-state index contributed by atoms with van der Waals surface area (Å²) in [4.78, 5) is 24.5. The van der Waals surface area contributed by atoms with Crippen molar-refractivity contribution in [2.75, 3.05) is 13.1 Å². The van der Waals surface area contributed by atoms with Crippen LogP contribution in [0.5, 0.6) is 0 Å². The minimum absolute atomic E-state index is 0.0307. The van der Waals surface area contributed by atoms with Crippen LogP contribution in [-0.4, -0.2) is 50.0 Å². The first kappa shape index (κ1) is 15.7. The second-order valence-corrected chi connectivity index (χ2v) is 5.92. The van der Waals surface area contributed by atoms with Crippen LogP contribution in [0.3, 0.4) is 0 Å². The smallest absolute Gasteiger partial charge is 0.223 e. The van der Waals surface area contributed by atoms with Crippen LogP contribution in [-0.2, 0) is 17.9 Å². The summed E-state index contributed by atoms with van der Waals surface area (Å²) in [5.41, 5.74) is 0. The van der Waals surface area contributed by atoms with Gasteiger partial charge in [0, 0.05) is 33.0 Å². The number of amides is 1. The number of hydrogen-bond acceptors (Lipinski definition) is 7.